The summed E-state index contributed by atoms with van der Waals surface area (Å²) in [4.78, 5) is 11.2. The van der Waals surface area contributed by atoms with Crippen molar-refractivity contribution in [3.8, 4) is 0 Å². The number of hydrogen-bond donors (Lipinski definition) is 2. The molecular weight excluding hydrogens is 242 g/mol. The average Bonchev–Trinajstić information content (AvgIpc) is 3.22. The number of hydrogen-bond acceptors (Lipinski definition) is 6. The first-order chi connectivity index (χ1) is 9.26. The predicted octanol–water partition coefficient (Wildman–Crippen LogP) is 1.53. The molecule has 106 valence electrons. The Bertz CT molecular complexity index is 408. The fraction of sp³-hybridized carbons (Fsp3) is 0.692. The smallest absolute Gasteiger partial charge is 0.158 e. The van der Waals surface area contributed by atoms with Gasteiger partial charge >= 0.3 is 0 Å². The maximum Gasteiger partial charge on any atom is 0.158 e. The lowest BCUT2D eigenvalue weighted by molar-refractivity contribution is 0.178. The number of nitrogens with zero attached hydrogens (tertiary/aromatic N) is 3. The Morgan fingerprint density at radius 1 is 1.47 bits per heavy atom. The summed E-state index contributed by atoms with van der Waals surface area (Å²) < 4.78 is 5.10. The number of anilines is 2. The van der Waals surface area contributed by atoms with Gasteiger partial charge in [0, 0.05) is 26.3 Å². The minimum atomic E-state index is 0.395. The molecular formula is C13H23N5O. The Morgan fingerprint density at radius 2 is 2.26 bits per heavy atom. The molecule has 6 heteroatoms. The van der Waals surface area contributed by atoms with E-state index in [1.165, 1.54) is 12.8 Å². The lowest BCUT2D eigenvalue weighted by Crippen LogP contribution is -2.28. The van der Waals surface area contributed by atoms with E-state index in [2.05, 4.69) is 27.2 Å². The van der Waals surface area contributed by atoms with Gasteiger partial charge in [-0.05, 0) is 25.2 Å². The van der Waals surface area contributed by atoms with Gasteiger partial charge < -0.3 is 15.1 Å². The third-order valence-corrected chi connectivity index (χ3v) is 3.17. The topological polar surface area (TPSA) is 76.3 Å². The van der Waals surface area contributed by atoms with Crippen LogP contribution in [-0.4, -0.2) is 30.2 Å². The van der Waals surface area contributed by atoms with E-state index in [9.17, 15) is 0 Å². The highest BCUT2D eigenvalue weighted by atomic mass is 16.5. The second-order valence-corrected chi connectivity index (χ2v) is 4.99. The number of nitrogens with one attached hydrogen (secondary N) is 1. The van der Waals surface area contributed by atoms with Gasteiger partial charge in [-0.25, -0.2) is 15.8 Å². The number of nitrogens with two attached hydrogens (primary N) is 1. The van der Waals surface area contributed by atoms with Crippen molar-refractivity contribution in [2.24, 2.45) is 11.8 Å². The van der Waals surface area contributed by atoms with Crippen LogP contribution in [0.25, 0.3) is 0 Å². The van der Waals surface area contributed by atoms with Crippen LogP contribution in [0, 0.1) is 5.92 Å². The lowest BCUT2D eigenvalue weighted by Gasteiger charge is -2.24. The molecule has 3 N–H and O–H groups in total. The number of ether oxygens (including phenoxy) is 1. The molecule has 19 heavy (non-hydrogen) atoms. The number of hydrazine groups is 1. The first-order valence-electron chi connectivity index (χ1n) is 6.85. The monoisotopic (exact) mass is 265 g/mol. The minimum absolute atomic E-state index is 0.395. The molecule has 0 aliphatic heterocycles. The predicted molar refractivity (Wildman–Crippen MR) is 75.8 cm³/mol. The van der Waals surface area contributed by atoms with Crippen molar-refractivity contribution in [1.82, 2.24) is 9.97 Å². The Morgan fingerprint density at radius 3 is 2.84 bits per heavy atom. The van der Waals surface area contributed by atoms with Crippen LogP contribution >= 0.6 is 0 Å². The van der Waals surface area contributed by atoms with Gasteiger partial charge in [0.15, 0.2) is 5.82 Å². The van der Waals surface area contributed by atoms with Gasteiger partial charge in [-0.3, -0.25) is 0 Å². The number of methoxy groups -OCH3 is 1. The van der Waals surface area contributed by atoms with Crippen molar-refractivity contribution in [2.75, 3.05) is 30.5 Å². The van der Waals surface area contributed by atoms with Crippen molar-refractivity contribution < 1.29 is 4.74 Å². The summed E-state index contributed by atoms with van der Waals surface area (Å²) >= 11 is 0. The highest BCUT2D eigenvalue weighted by Crippen LogP contribution is 2.31. The first kappa shape index (κ1) is 14.0. The van der Waals surface area contributed by atoms with Crippen LogP contribution in [0.5, 0.6) is 0 Å². The highest BCUT2D eigenvalue weighted by Gasteiger charge is 2.25. The number of aromatic nitrogens is 2. The summed E-state index contributed by atoms with van der Waals surface area (Å²) in [5, 5.41) is 0. The summed E-state index contributed by atoms with van der Waals surface area (Å²) in [5.41, 5.74) is 2.60. The van der Waals surface area contributed by atoms with Crippen LogP contribution in [0.4, 0.5) is 11.6 Å². The minimum Gasteiger partial charge on any atom is -0.377 e. The van der Waals surface area contributed by atoms with Crippen LogP contribution in [0.3, 0.4) is 0 Å². The molecule has 2 rings (SSSR count). The van der Waals surface area contributed by atoms with Crippen molar-refractivity contribution in [2.45, 2.75) is 32.8 Å². The second-order valence-electron chi connectivity index (χ2n) is 4.99. The Kier molecular flexibility index (Phi) is 4.93. The third kappa shape index (κ3) is 4.04. The zero-order valence-corrected chi connectivity index (χ0v) is 11.7. The van der Waals surface area contributed by atoms with E-state index >= 15 is 0 Å². The van der Waals surface area contributed by atoms with Crippen LogP contribution in [0.15, 0.2) is 6.07 Å². The highest BCUT2D eigenvalue weighted by molar-refractivity contribution is 5.49. The molecule has 0 bridgehead atoms. The summed E-state index contributed by atoms with van der Waals surface area (Å²) in [6.45, 7) is 4.65. The van der Waals surface area contributed by atoms with Gasteiger partial charge in [0.05, 0.1) is 0 Å². The summed E-state index contributed by atoms with van der Waals surface area (Å²) in [5.74, 6) is 8.52. The molecule has 0 saturated heterocycles. The summed E-state index contributed by atoms with van der Waals surface area (Å²) in [6.07, 6.45) is 3.76. The van der Waals surface area contributed by atoms with Crippen molar-refractivity contribution in [3.05, 3.63) is 11.9 Å². The largest absolute Gasteiger partial charge is 0.377 e. The van der Waals surface area contributed by atoms with E-state index in [0.29, 0.717) is 18.2 Å². The van der Waals surface area contributed by atoms with Gasteiger partial charge in [-0.1, -0.05) is 6.92 Å². The molecule has 0 radical (unpaired) electrons. The molecule has 6 nitrogen and oxygen atoms in total. The Labute approximate surface area is 114 Å². The maximum absolute atomic E-state index is 5.47. The molecule has 1 aromatic rings. The molecule has 1 fully saturated rings. The van der Waals surface area contributed by atoms with E-state index in [0.717, 1.165) is 31.2 Å². The van der Waals surface area contributed by atoms with Crippen LogP contribution in [0.1, 0.15) is 32.0 Å². The molecule has 1 heterocycles. The van der Waals surface area contributed by atoms with E-state index in [-0.39, 0.29) is 0 Å². The Hall–Kier alpha value is -1.40. The lowest BCUT2D eigenvalue weighted by atomic mass is 10.3. The molecule has 0 spiro atoms. The summed E-state index contributed by atoms with van der Waals surface area (Å²) in [6, 6.07) is 1.90. The molecule has 1 aliphatic carbocycles. The van der Waals surface area contributed by atoms with Gasteiger partial charge in [0.25, 0.3) is 0 Å². The fourth-order valence-electron chi connectivity index (χ4n) is 2.09. The van der Waals surface area contributed by atoms with Gasteiger partial charge in [-0.15, -0.1) is 0 Å². The summed E-state index contributed by atoms with van der Waals surface area (Å²) in [7, 11) is 1.64. The fourth-order valence-corrected chi connectivity index (χ4v) is 2.09. The molecule has 0 atom stereocenters. The van der Waals surface area contributed by atoms with Crippen molar-refractivity contribution in [1.29, 1.82) is 0 Å². The normalized spacial score (nSPS) is 14.5. The zero-order valence-electron chi connectivity index (χ0n) is 11.7. The van der Waals surface area contributed by atoms with Gasteiger partial charge in [0.1, 0.15) is 18.2 Å². The molecule has 0 aromatic carbocycles. The molecule has 1 saturated carbocycles. The number of nitrogen functional groups attached to an aromatic ring is 1. The molecule has 0 unspecified atom stereocenters. The maximum atomic E-state index is 5.47. The van der Waals surface area contributed by atoms with Gasteiger partial charge in [0.2, 0.25) is 0 Å². The van der Waals surface area contributed by atoms with Crippen LogP contribution in [-0.2, 0) is 11.3 Å². The van der Waals surface area contributed by atoms with Crippen LogP contribution < -0.4 is 16.2 Å². The van der Waals surface area contributed by atoms with Gasteiger partial charge in [-0.2, -0.15) is 0 Å². The van der Waals surface area contributed by atoms with E-state index < -0.39 is 0 Å². The van der Waals surface area contributed by atoms with Crippen molar-refractivity contribution in [3.63, 3.8) is 0 Å². The van der Waals surface area contributed by atoms with E-state index in [4.69, 9.17) is 10.6 Å². The standard InChI is InChI=1S/C13H23N5O/c1-3-6-18(8-10-4-5-10)13-7-11(17-14)15-12(16-13)9-19-2/h7,10H,3-6,8-9,14H2,1-2H3,(H,15,16,17). The average molecular weight is 265 g/mol. The van der Waals surface area contributed by atoms with E-state index in [1.807, 2.05) is 6.07 Å². The third-order valence-electron chi connectivity index (χ3n) is 3.17. The Balaban J connectivity index is 2.19. The van der Waals surface area contributed by atoms with Crippen LogP contribution in [0.2, 0.25) is 0 Å². The number of rotatable bonds is 8. The molecule has 1 aromatic heterocycles. The van der Waals surface area contributed by atoms with Crippen molar-refractivity contribution >= 4 is 11.6 Å². The quantitative estimate of drug-likeness (QED) is 0.548. The SMILES string of the molecule is CCCN(CC1CC1)c1cc(NN)nc(COC)n1. The molecule has 1 aliphatic rings. The molecule has 0 amide bonds. The van der Waals surface area contributed by atoms with E-state index in [1.54, 1.807) is 7.11 Å². The second kappa shape index (κ2) is 6.68. The first-order valence-corrected chi connectivity index (χ1v) is 6.85. The zero-order chi connectivity index (χ0) is 13.7.